The molecule has 31 heavy (non-hydrogen) atoms. The number of piperidine rings is 1. The highest BCUT2D eigenvalue weighted by atomic mass is 19.4. The highest BCUT2D eigenvalue weighted by Gasteiger charge is 2.31. The lowest BCUT2D eigenvalue weighted by Gasteiger charge is -2.26. The van der Waals surface area contributed by atoms with Crippen LogP contribution in [-0.2, 0) is 11.3 Å². The number of hydrogen-bond donors (Lipinski definition) is 2. The van der Waals surface area contributed by atoms with Crippen LogP contribution in [0, 0.1) is 0 Å². The Morgan fingerprint density at radius 1 is 1.19 bits per heavy atom. The highest BCUT2D eigenvalue weighted by molar-refractivity contribution is 5.75. The molecule has 7 nitrogen and oxygen atoms in total. The molecule has 3 N–H and O–H groups in total. The summed E-state index contributed by atoms with van der Waals surface area (Å²) in [5.74, 6) is -2.62. The monoisotopic (exact) mass is 440 g/mol. The fourth-order valence-electron chi connectivity index (χ4n) is 3.67. The van der Waals surface area contributed by atoms with Crippen molar-refractivity contribution in [3.8, 4) is 11.5 Å². The summed E-state index contributed by atoms with van der Waals surface area (Å²) in [5, 5.41) is 10.3. The summed E-state index contributed by atoms with van der Waals surface area (Å²) in [6.45, 7) is 2.07. The summed E-state index contributed by atoms with van der Waals surface area (Å²) in [7, 11) is 0. The number of carbonyl (C=O) groups excluding carboxylic acids is 1. The largest absolute Gasteiger partial charge is 0.573 e. The maximum Gasteiger partial charge on any atom is 0.573 e. The summed E-state index contributed by atoms with van der Waals surface area (Å²) in [4.78, 5) is 26.1. The van der Waals surface area contributed by atoms with Crippen molar-refractivity contribution < 1.29 is 32.2 Å². The molecule has 1 unspecified atom stereocenters. The lowest BCUT2D eigenvalue weighted by atomic mass is 9.92. The standard InChI is InChI=1S/C21H23F3N2O5/c22-21(23,24)31-14-6-4-13(5-7-14)16(11-18(25)28)20-19(29)17(27)10-15(30-20)12-26-8-2-1-3-9-26/h4-7,10,16,29H,1-3,8-9,11-12H2,(H2,25,28). The number of nitrogens with two attached hydrogens (primary N) is 1. The molecule has 2 aromatic rings. The van der Waals surface area contributed by atoms with Gasteiger partial charge in [-0.05, 0) is 43.6 Å². The fraction of sp³-hybridized carbons (Fsp3) is 0.429. The smallest absolute Gasteiger partial charge is 0.502 e. The Bertz CT molecular complexity index is 966. The molecule has 1 saturated heterocycles. The summed E-state index contributed by atoms with van der Waals surface area (Å²) in [5.41, 5.74) is 5.00. The molecule has 1 aliphatic rings. The number of rotatable bonds is 7. The first-order chi connectivity index (χ1) is 14.6. The summed E-state index contributed by atoms with van der Waals surface area (Å²) in [6, 6.07) is 5.94. The molecule has 0 bridgehead atoms. The number of carbonyl (C=O) groups is 1. The SMILES string of the molecule is NC(=O)CC(c1ccc(OC(F)(F)F)cc1)c1oc(CN2CCCCC2)cc(=O)c1O. The van der Waals surface area contributed by atoms with E-state index in [2.05, 4.69) is 9.64 Å². The van der Waals surface area contributed by atoms with E-state index in [0.717, 1.165) is 44.5 Å². The van der Waals surface area contributed by atoms with Crippen LogP contribution < -0.4 is 15.9 Å². The van der Waals surface area contributed by atoms with Crippen molar-refractivity contribution in [2.75, 3.05) is 13.1 Å². The summed E-state index contributed by atoms with van der Waals surface area (Å²) < 4.78 is 46.9. The number of alkyl halides is 3. The van der Waals surface area contributed by atoms with Gasteiger partial charge in [-0.25, -0.2) is 0 Å². The van der Waals surface area contributed by atoms with E-state index in [-0.39, 0.29) is 12.2 Å². The van der Waals surface area contributed by atoms with Crippen LogP contribution in [0.3, 0.4) is 0 Å². The average Bonchev–Trinajstić information content (AvgIpc) is 2.69. The molecule has 0 radical (unpaired) electrons. The number of hydrogen-bond acceptors (Lipinski definition) is 6. The van der Waals surface area contributed by atoms with E-state index >= 15 is 0 Å². The van der Waals surface area contributed by atoms with Crippen molar-refractivity contribution in [2.45, 2.75) is 44.5 Å². The molecule has 1 fully saturated rings. The predicted octanol–water partition coefficient (Wildman–Crippen LogP) is 3.24. The van der Waals surface area contributed by atoms with E-state index in [1.165, 1.54) is 18.2 Å². The molecule has 2 heterocycles. The molecule has 0 saturated carbocycles. The molecular weight excluding hydrogens is 417 g/mol. The van der Waals surface area contributed by atoms with Crippen molar-refractivity contribution in [2.24, 2.45) is 5.73 Å². The topological polar surface area (TPSA) is 106 Å². The Hall–Kier alpha value is -3.01. The van der Waals surface area contributed by atoms with Crippen LogP contribution in [0.5, 0.6) is 11.5 Å². The molecular formula is C21H23F3N2O5. The number of ether oxygens (including phenoxy) is 1. The van der Waals surface area contributed by atoms with Crippen LogP contribution in [0.1, 0.15) is 48.7 Å². The second kappa shape index (κ2) is 9.42. The fourth-order valence-corrected chi connectivity index (χ4v) is 3.67. The molecule has 10 heteroatoms. The lowest BCUT2D eigenvalue weighted by Crippen LogP contribution is -2.29. The molecule has 168 valence electrons. The second-order valence-corrected chi connectivity index (χ2v) is 7.47. The third-order valence-corrected chi connectivity index (χ3v) is 5.07. The minimum atomic E-state index is -4.85. The first kappa shape index (κ1) is 22.7. The minimum absolute atomic E-state index is 0.150. The molecule has 0 aliphatic carbocycles. The van der Waals surface area contributed by atoms with Gasteiger partial charge in [0.15, 0.2) is 5.76 Å². The number of primary amides is 1. The Labute approximate surface area is 176 Å². The molecule has 1 aromatic carbocycles. The number of nitrogens with zero attached hydrogens (tertiary/aromatic N) is 1. The van der Waals surface area contributed by atoms with E-state index in [1.54, 1.807) is 0 Å². The number of likely N-dealkylation sites (tertiary alicyclic amines) is 1. The average molecular weight is 440 g/mol. The van der Waals surface area contributed by atoms with Crippen molar-refractivity contribution in [3.63, 3.8) is 0 Å². The van der Waals surface area contributed by atoms with Crippen LogP contribution in [0.2, 0.25) is 0 Å². The van der Waals surface area contributed by atoms with Gasteiger partial charge in [0.25, 0.3) is 0 Å². The van der Waals surface area contributed by atoms with Gasteiger partial charge in [0, 0.05) is 12.5 Å². The predicted molar refractivity (Wildman–Crippen MR) is 105 cm³/mol. The zero-order valence-electron chi connectivity index (χ0n) is 16.7. The van der Waals surface area contributed by atoms with Gasteiger partial charge in [0.05, 0.1) is 12.5 Å². The van der Waals surface area contributed by atoms with Gasteiger partial charge >= 0.3 is 6.36 Å². The molecule has 1 aromatic heterocycles. The third-order valence-electron chi connectivity index (χ3n) is 5.07. The van der Waals surface area contributed by atoms with E-state index < -0.39 is 35.1 Å². The molecule has 1 amide bonds. The van der Waals surface area contributed by atoms with Crippen LogP contribution >= 0.6 is 0 Å². The lowest BCUT2D eigenvalue weighted by molar-refractivity contribution is -0.274. The van der Waals surface area contributed by atoms with Crippen LogP contribution in [-0.4, -0.2) is 35.4 Å². The molecule has 1 atom stereocenters. The Morgan fingerprint density at radius 3 is 2.42 bits per heavy atom. The third kappa shape index (κ3) is 6.24. The number of amides is 1. The van der Waals surface area contributed by atoms with Crippen LogP contribution in [0.4, 0.5) is 13.2 Å². The van der Waals surface area contributed by atoms with Gasteiger partial charge in [-0.3, -0.25) is 14.5 Å². The van der Waals surface area contributed by atoms with Gasteiger partial charge in [-0.15, -0.1) is 13.2 Å². The van der Waals surface area contributed by atoms with Crippen molar-refractivity contribution in [3.05, 3.63) is 57.6 Å². The zero-order chi connectivity index (χ0) is 22.6. The van der Waals surface area contributed by atoms with E-state index in [0.29, 0.717) is 17.9 Å². The maximum atomic E-state index is 12.4. The zero-order valence-corrected chi connectivity index (χ0v) is 16.7. The number of halogens is 3. The molecule has 3 rings (SSSR count). The normalized spacial score (nSPS) is 16.1. The Balaban J connectivity index is 1.94. The molecule has 0 spiro atoms. The summed E-state index contributed by atoms with van der Waals surface area (Å²) >= 11 is 0. The van der Waals surface area contributed by atoms with E-state index in [9.17, 15) is 27.9 Å². The van der Waals surface area contributed by atoms with Crippen molar-refractivity contribution in [1.82, 2.24) is 4.90 Å². The van der Waals surface area contributed by atoms with Crippen LogP contribution in [0.25, 0.3) is 0 Å². The second-order valence-electron chi connectivity index (χ2n) is 7.47. The summed E-state index contributed by atoms with van der Waals surface area (Å²) in [6.07, 6.45) is -1.96. The van der Waals surface area contributed by atoms with Crippen LogP contribution in [0.15, 0.2) is 39.5 Å². The first-order valence-electron chi connectivity index (χ1n) is 9.84. The van der Waals surface area contributed by atoms with Gasteiger partial charge < -0.3 is 20.0 Å². The highest BCUT2D eigenvalue weighted by Crippen LogP contribution is 2.34. The van der Waals surface area contributed by atoms with E-state index in [1.807, 2.05) is 0 Å². The number of benzene rings is 1. The van der Waals surface area contributed by atoms with Crippen molar-refractivity contribution >= 4 is 5.91 Å². The minimum Gasteiger partial charge on any atom is -0.502 e. The van der Waals surface area contributed by atoms with Gasteiger partial charge in [0.1, 0.15) is 11.5 Å². The quantitative estimate of drug-likeness (QED) is 0.685. The van der Waals surface area contributed by atoms with Gasteiger partial charge in [0.2, 0.25) is 17.1 Å². The van der Waals surface area contributed by atoms with E-state index in [4.69, 9.17) is 10.2 Å². The van der Waals surface area contributed by atoms with Crippen molar-refractivity contribution in [1.29, 1.82) is 0 Å². The van der Waals surface area contributed by atoms with Gasteiger partial charge in [-0.1, -0.05) is 18.6 Å². The maximum absolute atomic E-state index is 12.4. The first-order valence-corrected chi connectivity index (χ1v) is 9.84. The molecule has 1 aliphatic heterocycles. The Kier molecular flexibility index (Phi) is 6.89. The number of aromatic hydroxyl groups is 1. The Morgan fingerprint density at radius 2 is 1.84 bits per heavy atom. The van der Waals surface area contributed by atoms with Gasteiger partial charge in [-0.2, -0.15) is 0 Å².